The van der Waals surface area contributed by atoms with Gasteiger partial charge in [-0.25, -0.2) is 0 Å². The summed E-state index contributed by atoms with van der Waals surface area (Å²) in [6.07, 6.45) is 10.7. The molecule has 3 nitrogen and oxygen atoms in total. The number of hydrogen-bond acceptors (Lipinski definition) is 2. The predicted octanol–water partition coefficient (Wildman–Crippen LogP) is 3.06. The van der Waals surface area contributed by atoms with Gasteiger partial charge in [0.1, 0.15) is 11.5 Å². The number of aromatic nitrogens is 1. The summed E-state index contributed by atoms with van der Waals surface area (Å²) in [5.74, 6) is 8.22. The van der Waals surface area contributed by atoms with Crippen LogP contribution in [0.15, 0.2) is 23.7 Å². The van der Waals surface area contributed by atoms with Gasteiger partial charge in [-0.2, -0.15) is 0 Å². The van der Waals surface area contributed by atoms with Crippen molar-refractivity contribution in [1.29, 1.82) is 0 Å². The average molecular weight is 281 g/mol. The Hall–Kier alpha value is -2.34. The molecule has 0 spiro atoms. The van der Waals surface area contributed by atoms with Crippen LogP contribution in [-0.2, 0) is 29.4 Å². The van der Waals surface area contributed by atoms with Gasteiger partial charge in [-0.1, -0.05) is 11.8 Å². The molecule has 0 amide bonds. The Morgan fingerprint density at radius 3 is 2.67 bits per heavy atom. The van der Waals surface area contributed by atoms with Crippen LogP contribution in [0.3, 0.4) is 0 Å². The average Bonchev–Trinajstić information content (AvgIpc) is 2.64. The number of ether oxygens (including phenoxy) is 2. The molecule has 0 fully saturated rings. The Kier molecular flexibility index (Phi) is 3.62. The van der Waals surface area contributed by atoms with Crippen LogP contribution < -0.4 is 0 Å². The van der Waals surface area contributed by atoms with E-state index in [-0.39, 0.29) is 0 Å². The lowest BCUT2D eigenvalue weighted by molar-refractivity contribution is 0.290. The third-order valence-corrected chi connectivity index (χ3v) is 4.07. The van der Waals surface area contributed by atoms with Crippen molar-refractivity contribution < 1.29 is 9.47 Å². The summed E-state index contributed by atoms with van der Waals surface area (Å²) in [7, 11) is 5.51. The highest BCUT2D eigenvalue weighted by molar-refractivity contribution is 5.69. The first-order valence-corrected chi connectivity index (χ1v) is 7.07. The first kappa shape index (κ1) is 13.6. The lowest BCUT2D eigenvalue weighted by atomic mass is 10.0. The molecule has 0 aliphatic heterocycles. The zero-order valence-electron chi connectivity index (χ0n) is 12.7. The second kappa shape index (κ2) is 5.57. The minimum absolute atomic E-state index is 0.675. The van der Waals surface area contributed by atoms with E-state index in [0.29, 0.717) is 6.42 Å². The molecule has 21 heavy (non-hydrogen) atoms. The van der Waals surface area contributed by atoms with E-state index in [1.165, 1.54) is 22.5 Å². The molecular weight excluding hydrogens is 262 g/mol. The van der Waals surface area contributed by atoms with Gasteiger partial charge in [-0.15, -0.1) is 0 Å². The summed E-state index contributed by atoms with van der Waals surface area (Å²) >= 11 is 0. The van der Waals surface area contributed by atoms with Gasteiger partial charge < -0.3 is 14.0 Å². The maximum atomic E-state index is 5.45. The molecule has 0 saturated carbocycles. The van der Waals surface area contributed by atoms with Gasteiger partial charge in [-0.05, 0) is 36.3 Å². The third-order valence-electron chi connectivity index (χ3n) is 4.07. The van der Waals surface area contributed by atoms with E-state index in [1.807, 2.05) is 6.08 Å². The molecule has 3 heteroatoms. The van der Waals surface area contributed by atoms with Crippen molar-refractivity contribution in [2.45, 2.75) is 19.3 Å². The van der Waals surface area contributed by atoms with Gasteiger partial charge in [0, 0.05) is 30.4 Å². The zero-order valence-corrected chi connectivity index (χ0v) is 12.7. The number of nitrogens with zero attached hydrogens (tertiary/aromatic N) is 1. The third kappa shape index (κ3) is 2.38. The van der Waals surface area contributed by atoms with Gasteiger partial charge in [0.25, 0.3) is 0 Å². The molecule has 0 bridgehead atoms. The molecule has 3 rings (SSSR count). The fraction of sp³-hybridized carbons (Fsp3) is 0.333. The molecule has 0 unspecified atom stereocenters. The van der Waals surface area contributed by atoms with Crippen LogP contribution in [0.25, 0.3) is 12.2 Å². The van der Waals surface area contributed by atoms with Crippen LogP contribution in [0.4, 0.5) is 0 Å². The second-order valence-corrected chi connectivity index (χ2v) is 5.15. The van der Waals surface area contributed by atoms with E-state index in [2.05, 4.69) is 41.7 Å². The molecule has 2 aliphatic rings. The minimum atomic E-state index is 0.675. The zero-order chi connectivity index (χ0) is 14.8. The molecule has 0 aromatic carbocycles. The largest absolute Gasteiger partial charge is 0.500 e. The lowest BCUT2D eigenvalue weighted by Gasteiger charge is -2.08. The molecule has 0 radical (unpaired) electrons. The van der Waals surface area contributed by atoms with Gasteiger partial charge >= 0.3 is 0 Å². The first-order chi connectivity index (χ1) is 10.2. The van der Waals surface area contributed by atoms with Gasteiger partial charge in [0.2, 0.25) is 0 Å². The van der Waals surface area contributed by atoms with E-state index >= 15 is 0 Å². The monoisotopic (exact) mass is 281 g/mol. The first-order valence-electron chi connectivity index (χ1n) is 7.07. The minimum Gasteiger partial charge on any atom is -0.500 e. The summed E-state index contributed by atoms with van der Waals surface area (Å²) < 4.78 is 13.0. The van der Waals surface area contributed by atoms with Crippen molar-refractivity contribution in [3.05, 3.63) is 46.2 Å². The number of allylic oxidation sites excluding steroid dienone is 3. The maximum absolute atomic E-state index is 5.45. The molecule has 0 N–H and O–H groups in total. The fourth-order valence-electron chi connectivity index (χ4n) is 2.87. The second-order valence-electron chi connectivity index (χ2n) is 5.15. The molecule has 2 aliphatic carbocycles. The molecule has 0 saturated heterocycles. The highest BCUT2D eigenvalue weighted by atomic mass is 16.5. The topological polar surface area (TPSA) is 23.4 Å². The van der Waals surface area contributed by atoms with E-state index in [0.717, 1.165) is 24.4 Å². The molecule has 0 atom stereocenters. The molecular formula is C18H19NO2. The van der Waals surface area contributed by atoms with Crippen LogP contribution in [0.2, 0.25) is 0 Å². The quantitative estimate of drug-likeness (QED) is 0.778. The van der Waals surface area contributed by atoms with Gasteiger partial charge in [0.05, 0.1) is 20.6 Å². The standard InChI is InChI=1S/C18H19NO2/c1-19-17-7-5-4-6-14(21-3)12-16(17)15-10-8-13(20-2)9-11-18(15)19/h8-9,11-12H,6-7,10H2,1-3H3. The summed E-state index contributed by atoms with van der Waals surface area (Å²) in [5.41, 5.74) is 5.03. The van der Waals surface area contributed by atoms with Crippen molar-refractivity contribution in [3.63, 3.8) is 0 Å². The SMILES string of the molecule is COC1=CCc2c3c(n(C)c2C=C1)CC#CCC(OC)=C3. The smallest absolute Gasteiger partial charge is 0.115 e. The van der Waals surface area contributed by atoms with Crippen molar-refractivity contribution in [1.82, 2.24) is 4.57 Å². The van der Waals surface area contributed by atoms with Crippen molar-refractivity contribution in [3.8, 4) is 11.8 Å². The number of fused-ring (bicyclic) bond motifs is 3. The Morgan fingerprint density at radius 2 is 1.90 bits per heavy atom. The number of methoxy groups -OCH3 is 2. The Balaban J connectivity index is 2.17. The number of hydrogen-bond donors (Lipinski definition) is 0. The predicted molar refractivity (Wildman–Crippen MR) is 84.3 cm³/mol. The lowest BCUT2D eigenvalue weighted by Crippen LogP contribution is -2.00. The normalized spacial score (nSPS) is 16.1. The summed E-state index contributed by atoms with van der Waals surface area (Å²) in [4.78, 5) is 0. The summed E-state index contributed by atoms with van der Waals surface area (Å²) in [6, 6.07) is 0. The molecule has 108 valence electrons. The van der Waals surface area contributed by atoms with E-state index in [1.54, 1.807) is 14.2 Å². The summed E-state index contributed by atoms with van der Waals surface area (Å²) in [6.45, 7) is 0. The molecule has 1 aromatic heterocycles. The highest BCUT2D eigenvalue weighted by Gasteiger charge is 2.20. The maximum Gasteiger partial charge on any atom is 0.115 e. The van der Waals surface area contributed by atoms with Crippen molar-refractivity contribution in [2.75, 3.05) is 14.2 Å². The van der Waals surface area contributed by atoms with Crippen molar-refractivity contribution in [2.24, 2.45) is 7.05 Å². The molecule has 1 heterocycles. The van der Waals surface area contributed by atoms with Crippen LogP contribution in [0.5, 0.6) is 0 Å². The Labute approximate surface area is 125 Å². The Morgan fingerprint density at radius 1 is 1.10 bits per heavy atom. The van der Waals surface area contributed by atoms with Gasteiger partial charge in [0.15, 0.2) is 0 Å². The van der Waals surface area contributed by atoms with Crippen molar-refractivity contribution >= 4 is 12.2 Å². The van der Waals surface area contributed by atoms with Gasteiger partial charge in [-0.3, -0.25) is 0 Å². The van der Waals surface area contributed by atoms with E-state index in [4.69, 9.17) is 9.47 Å². The Bertz CT molecular complexity index is 721. The van der Waals surface area contributed by atoms with Crippen LogP contribution in [-0.4, -0.2) is 18.8 Å². The highest BCUT2D eigenvalue weighted by Crippen LogP contribution is 2.30. The summed E-state index contributed by atoms with van der Waals surface area (Å²) in [5, 5.41) is 0. The fourth-order valence-corrected chi connectivity index (χ4v) is 2.87. The number of rotatable bonds is 2. The van der Waals surface area contributed by atoms with E-state index < -0.39 is 0 Å². The molecule has 1 aromatic rings. The van der Waals surface area contributed by atoms with E-state index in [9.17, 15) is 0 Å². The van der Waals surface area contributed by atoms with Crippen LogP contribution in [0, 0.1) is 11.8 Å². The van der Waals surface area contributed by atoms with Crippen LogP contribution in [0.1, 0.15) is 28.9 Å². The van der Waals surface area contributed by atoms with Crippen LogP contribution >= 0.6 is 0 Å².